The van der Waals surface area contributed by atoms with E-state index in [4.69, 9.17) is 0 Å². The third kappa shape index (κ3) is 3.32. The fourth-order valence-electron chi connectivity index (χ4n) is 2.56. The van der Waals surface area contributed by atoms with Gasteiger partial charge in [0.1, 0.15) is 0 Å². The summed E-state index contributed by atoms with van der Waals surface area (Å²) in [6.07, 6.45) is 0.0726. The summed E-state index contributed by atoms with van der Waals surface area (Å²) in [7, 11) is 2.06. The van der Waals surface area contributed by atoms with Gasteiger partial charge in [0.05, 0.1) is 5.41 Å². The van der Waals surface area contributed by atoms with Crippen molar-refractivity contribution in [2.24, 2.45) is 11.3 Å². The van der Waals surface area contributed by atoms with Gasteiger partial charge >= 0.3 is 5.97 Å². The zero-order chi connectivity index (χ0) is 15.7. The van der Waals surface area contributed by atoms with Crippen LogP contribution in [0.2, 0.25) is 0 Å². The third-order valence-electron chi connectivity index (χ3n) is 4.99. The first-order chi connectivity index (χ1) is 9.09. The van der Waals surface area contributed by atoms with Crippen molar-refractivity contribution in [3.8, 4) is 0 Å². The Labute approximate surface area is 121 Å². The van der Waals surface area contributed by atoms with Crippen LogP contribution < -0.4 is 0 Å². The summed E-state index contributed by atoms with van der Waals surface area (Å²) in [4.78, 5) is 28.0. The maximum absolute atomic E-state index is 12.5. The lowest BCUT2D eigenvalue weighted by Gasteiger charge is -2.43. The molecule has 1 rings (SSSR count). The SMILES string of the molecule is CC1CN(C(=O)CC(C)(C(=O)O)C(C)C)CC(C)N1C. The van der Waals surface area contributed by atoms with Crippen LogP contribution in [-0.4, -0.2) is 59.0 Å². The van der Waals surface area contributed by atoms with Crippen LogP contribution in [0.15, 0.2) is 0 Å². The molecule has 0 radical (unpaired) electrons. The smallest absolute Gasteiger partial charge is 0.310 e. The molecule has 5 heteroatoms. The van der Waals surface area contributed by atoms with Gasteiger partial charge in [-0.2, -0.15) is 0 Å². The highest BCUT2D eigenvalue weighted by atomic mass is 16.4. The molecule has 1 aliphatic rings. The van der Waals surface area contributed by atoms with Gasteiger partial charge in [-0.05, 0) is 33.7 Å². The topological polar surface area (TPSA) is 60.9 Å². The molecule has 1 N–H and O–H groups in total. The maximum atomic E-state index is 12.5. The Kier molecular flexibility index (Phi) is 5.19. The van der Waals surface area contributed by atoms with E-state index in [1.54, 1.807) is 6.92 Å². The van der Waals surface area contributed by atoms with Crippen LogP contribution in [0.1, 0.15) is 41.0 Å². The Morgan fingerprint density at radius 3 is 2.05 bits per heavy atom. The molecule has 3 unspecified atom stereocenters. The van der Waals surface area contributed by atoms with Gasteiger partial charge in [0, 0.05) is 31.6 Å². The van der Waals surface area contributed by atoms with E-state index < -0.39 is 11.4 Å². The Balaban J connectivity index is 2.78. The third-order valence-corrected chi connectivity index (χ3v) is 4.99. The zero-order valence-corrected chi connectivity index (χ0v) is 13.5. The van der Waals surface area contributed by atoms with E-state index in [1.807, 2.05) is 18.7 Å². The molecule has 1 fully saturated rings. The molecule has 5 nitrogen and oxygen atoms in total. The van der Waals surface area contributed by atoms with E-state index in [0.29, 0.717) is 25.2 Å². The van der Waals surface area contributed by atoms with E-state index in [2.05, 4.69) is 25.8 Å². The molecule has 0 aromatic carbocycles. The Morgan fingerprint density at radius 2 is 1.70 bits per heavy atom. The van der Waals surface area contributed by atoms with E-state index in [1.165, 1.54) is 0 Å². The average molecular weight is 284 g/mol. The molecular weight excluding hydrogens is 256 g/mol. The van der Waals surface area contributed by atoms with Gasteiger partial charge in [-0.3, -0.25) is 14.5 Å². The Bertz CT molecular complexity index is 371. The molecule has 0 saturated carbocycles. The highest BCUT2D eigenvalue weighted by Gasteiger charge is 2.41. The average Bonchev–Trinajstić information content (AvgIpc) is 2.34. The largest absolute Gasteiger partial charge is 0.481 e. The number of rotatable bonds is 4. The van der Waals surface area contributed by atoms with Crippen molar-refractivity contribution >= 4 is 11.9 Å². The number of carbonyl (C=O) groups is 2. The van der Waals surface area contributed by atoms with Crippen LogP contribution in [0, 0.1) is 11.3 Å². The molecule has 1 amide bonds. The van der Waals surface area contributed by atoms with Gasteiger partial charge in [0.2, 0.25) is 5.91 Å². The number of hydrogen-bond acceptors (Lipinski definition) is 3. The lowest BCUT2D eigenvalue weighted by molar-refractivity contribution is -0.156. The van der Waals surface area contributed by atoms with Crippen molar-refractivity contribution in [3.05, 3.63) is 0 Å². The number of nitrogens with zero attached hydrogens (tertiary/aromatic N) is 2. The van der Waals surface area contributed by atoms with Crippen molar-refractivity contribution in [3.63, 3.8) is 0 Å². The standard InChI is InChI=1S/C15H28N2O3/c1-10(2)15(5,14(19)20)7-13(18)17-8-11(3)16(6)12(4)9-17/h10-12H,7-9H2,1-6H3,(H,19,20). The zero-order valence-electron chi connectivity index (χ0n) is 13.5. The lowest BCUT2D eigenvalue weighted by atomic mass is 9.76. The molecule has 1 heterocycles. The molecule has 0 spiro atoms. The van der Waals surface area contributed by atoms with Crippen molar-refractivity contribution < 1.29 is 14.7 Å². The number of carboxylic acid groups (broad SMARTS) is 1. The molecule has 0 aromatic rings. The summed E-state index contributed by atoms with van der Waals surface area (Å²) in [5.74, 6) is -1.02. The molecule has 0 aromatic heterocycles. The first-order valence-corrected chi connectivity index (χ1v) is 7.32. The summed E-state index contributed by atoms with van der Waals surface area (Å²) in [6.45, 7) is 10.9. The van der Waals surface area contributed by atoms with Gasteiger partial charge in [-0.15, -0.1) is 0 Å². The fraction of sp³-hybridized carbons (Fsp3) is 0.867. The second-order valence-corrected chi connectivity index (χ2v) is 6.72. The number of amides is 1. The van der Waals surface area contributed by atoms with E-state index in [0.717, 1.165) is 0 Å². The summed E-state index contributed by atoms with van der Waals surface area (Å²) in [6, 6.07) is 0.607. The normalized spacial score (nSPS) is 27.4. The lowest BCUT2D eigenvalue weighted by Crippen LogP contribution is -2.57. The quantitative estimate of drug-likeness (QED) is 0.853. The number of carbonyl (C=O) groups excluding carboxylic acids is 1. The van der Waals surface area contributed by atoms with Crippen LogP contribution >= 0.6 is 0 Å². The minimum absolute atomic E-state index is 0.0459. The van der Waals surface area contributed by atoms with E-state index in [-0.39, 0.29) is 18.2 Å². The number of aliphatic carboxylic acids is 1. The maximum Gasteiger partial charge on any atom is 0.310 e. The van der Waals surface area contributed by atoms with Gasteiger partial charge in [0.15, 0.2) is 0 Å². The van der Waals surface area contributed by atoms with Gasteiger partial charge < -0.3 is 10.0 Å². The number of carboxylic acids is 1. The van der Waals surface area contributed by atoms with Crippen LogP contribution in [0.3, 0.4) is 0 Å². The van der Waals surface area contributed by atoms with Gasteiger partial charge in [0.25, 0.3) is 0 Å². The van der Waals surface area contributed by atoms with Crippen molar-refractivity contribution in [2.45, 2.75) is 53.1 Å². The van der Waals surface area contributed by atoms with E-state index in [9.17, 15) is 14.7 Å². The van der Waals surface area contributed by atoms with Gasteiger partial charge in [-0.25, -0.2) is 0 Å². The van der Waals surface area contributed by atoms with Crippen molar-refractivity contribution in [2.75, 3.05) is 20.1 Å². The molecule has 1 saturated heterocycles. The van der Waals surface area contributed by atoms with Crippen molar-refractivity contribution in [1.82, 2.24) is 9.80 Å². The van der Waals surface area contributed by atoms with Crippen LogP contribution in [-0.2, 0) is 9.59 Å². The van der Waals surface area contributed by atoms with Crippen LogP contribution in [0.5, 0.6) is 0 Å². The number of likely N-dealkylation sites (N-methyl/N-ethyl adjacent to an activating group) is 1. The summed E-state index contributed by atoms with van der Waals surface area (Å²) < 4.78 is 0. The van der Waals surface area contributed by atoms with Crippen molar-refractivity contribution in [1.29, 1.82) is 0 Å². The molecule has 3 atom stereocenters. The highest BCUT2D eigenvalue weighted by Crippen LogP contribution is 2.32. The molecule has 116 valence electrons. The number of piperazine rings is 1. The molecular formula is C15H28N2O3. The predicted octanol–water partition coefficient (Wildman–Crippen LogP) is 1.67. The van der Waals surface area contributed by atoms with Gasteiger partial charge in [-0.1, -0.05) is 13.8 Å². The first-order valence-electron chi connectivity index (χ1n) is 7.32. The Hall–Kier alpha value is -1.10. The molecule has 0 bridgehead atoms. The second-order valence-electron chi connectivity index (χ2n) is 6.72. The molecule has 0 aliphatic carbocycles. The molecule has 1 aliphatic heterocycles. The first kappa shape index (κ1) is 17.0. The highest BCUT2D eigenvalue weighted by molar-refractivity contribution is 5.85. The van der Waals surface area contributed by atoms with E-state index >= 15 is 0 Å². The molecule has 20 heavy (non-hydrogen) atoms. The predicted molar refractivity (Wildman–Crippen MR) is 78.5 cm³/mol. The summed E-state index contributed by atoms with van der Waals surface area (Å²) in [5.41, 5.74) is -0.993. The monoisotopic (exact) mass is 284 g/mol. The fourth-order valence-corrected chi connectivity index (χ4v) is 2.56. The minimum atomic E-state index is -0.993. The second kappa shape index (κ2) is 6.12. The number of hydrogen-bond donors (Lipinski definition) is 1. The summed E-state index contributed by atoms with van der Waals surface area (Å²) in [5, 5.41) is 9.42. The summed E-state index contributed by atoms with van der Waals surface area (Å²) >= 11 is 0. The van der Waals surface area contributed by atoms with Crippen LogP contribution in [0.25, 0.3) is 0 Å². The minimum Gasteiger partial charge on any atom is -0.481 e. The Morgan fingerprint density at radius 1 is 1.25 bits per heavy atom. The van der Waals surface area contributed by atoms with Crippen LogP contribution in [0.4, 0.5) is 0 Å².